The second-order valence-electron chi connectivity index (χ2n) is 3.69. The van der Waals surface area contributed by atoms with E-state index in [1.807, 2.05) is 0 Å². The number of halogens is 3. The zero-order chi connectivity index (χ0) is 13.9. The normalized spacial score (nSPS) is 11.1. The molecule has 2 aromatic rings. The summed E-state index contributed by atoms with van der Waals surface area (Å²) < 4.78 is 37.4. The molecule has 0 aromatic heterocycles. The molecule has 0 saturated carbocycles. The van der Waals surface area contributed by atoms with Crippen molar-refractivity contribution in [2.24, 2.45) is 0 Å². The first-order valence-electron chi connectivity index (χ1n) is 5.26. The Morgan fingerprint density at radius 1 is 0.842 bits per heavy atom. The maximum atomic E-state index is 12.5. The van der Waals surface area contributed by atoms with Crippen LogP contribution >= 0.6 is 0 Å². The topological polar surface area (TPSA) is 38.7 Å². The van der Waals surface area contributed by atoms with Gasteiger partial charge in [-0.3, -0.25) is 9.78 Å². The summed E-state index contributed by atoms with van der Waals surface area (Å²) in [6.07, 6.45) is -4.43. The quantitative estimate of drug-likeness (QED) is 0.681. The molecule has 0 saturated heterocycles. The highest BCUT2D eigenvalue weighted by Crippen LogP contribution is 2.31. The van der Waals surface area contributed by atoms with Crippen LogP contribution in [0.15, 0.2) is 48.5 Å². The van der Waals surface area contributed by atoms with E-state index >= 15 is 0 Å². The van der Waals surface area contributed by atoms with Gasteiger partial charge in [0.1, 0.15) is 5.75 Å². The molecule has 6 heteroatoms. The molecule has 1 N–H and O–H groups in total. The summed E-state index contributed by atoms with van der Waals surface area (Å²) >= 11 is 0. The first-order chi connectivity index (χ1) is 8.95. The summed E-state index contributed by atoms with van der Waals surface area (Å²) in [4.78, 5) is 9.62. The van der Waals surface area contributed by atoms with E-state index in [1.165, 1.54) is 36.4 Å². The van der Waals surface area contributed by atoms with Crippen LogP contribution < -0.4 is 9.78 Å². The Balaban J connectivity index is 2.05. The second kappa shape index (κ2) is 5.09. The van der Waals surface area contributed by atoms with Crippen LogP contribution in [-0.4, -0.2) is 5.11 Å². The molecule has 0 aliphatic carbocycles. The van der Waals surface area contributed by atoms with E-state index in [4.69, 9.17) is 14.9 Å². The Hall–Kier alpha value is -2.37. The van der Waals surface area contributed by atoms with Crippen LogP contribution in [0, 0.1) is 0 Å². The van der Waals surface area contributed by atoms with E-state index in [0.717, 1.165) is 12.1 Å². The van der Waals surface area contributed by atoms with Gasteiger partial charge in [-0.15, -0.1) is 0 Å². The maximum absolute atomic E-state index is 12.5. The van der Waals surface area contributed by atoms with Crippen molar-refractivity contribution in [2.75, 3.05) is 0 Å². The minimum atomic E-state index is -4.43. The van der Waals surface area contributed by atoms with Gasteiger partial charge in [0.25, 0.3) is 0 Å². The highest BCUT2D eigenvalue weighted by molar-refractivity contribution is 5.31. The van der Waals surface area contributed by atoms with Crippen LogP contribution in [0.2, 0.25) is 0 Å². The molecule has 2 aromatic carbocycles. The van der Waals surface area contributed by atoms with Gasteiger partial charge in [0.05, 0.1) is 5.56 Å². The largest absolute Gasteiger partial charge is 0.508 e. The minimum absolute atomic E-state index is 0.0476. The van der Waals surface area contributed by atoms with Gasteiger partial charge in [0.15, 0.2) is 11.5 Å². The molecule has 0 aliphatic heterocycles. The molecule has 19 heavy (non-hydrogen) atoms. The van der Waals surface area contributed by atoms with Crippen molar-refractivity contribution in [3.63, 3.8) is 0 Å². The molecule has 0 bridgehead atoms. The lowest BCUT2D eigenvalue weighted by Gasteiger charge is -2.09. The lowest BCUT2D eigenvalue weighted by Crippen LogP contribution is -2.06. The number of benzene rings is 2. The SMILES string of the molecule is Oc1ccc(OOc2cccc(C(F)(F)F)c2)cc1. The summed E-state index contributed by atoms with van der Waals surface area (Å²) in [5, 5.41) is 9.05. The number of aromatic hydroxyl groups is 1. The van der Waals surface area contributed by atoms with Crippen LogP contribution in [0.4, 0.5) is 13.2 Å². The fraction of sp³-hybridized carbons (Fsp3) is 0.0769. The summed E-state index contributed by atoms with van der Waals surface area (Å²) in [5.74, 6) is 0.240. The van der Waals surface area contributed by atoms with Crippen molar-refractivity contribution in [3.8, 4) is 17.2 Å². The van der Waals surface area contributed by atoms with E-state index in [0.29, 0.717) is 0 Å². The zero-order valence-corrected chi connectivity index (χ0v) is 9.52. The molecule has 0 heterocycles. The Morgan fingerprint density at radius 3 is 2.11 bits per heavy atom. The number of phenolic OH excluding ortho intramolecular Hbond substituents is 1. The van der Waals surface area contributed by atoms with E-state index < -0.39 is 11.7 Å². The van der Waals surface area contributed by atoms with Gasteiger partial charge in [0, 0.05) is 0 Å². The average Bonchev–Trinajstić information content (AvgIpc) is 2.37. The molecular formula is C13H9F3O3. The van der Waals surface area contributed by atoms with Crippen LogP contribution in [-0.2, 0) is 6.18 Å². The standard InChI is InChI=1S/C13H9F3O3/c14-13(15,16)9-2-1-3-12(8-9)19-18-11-6-4-10(17)5-7-11/h1-8,17H. The van der Waals surface area contributed by atoms with Gasteiger partial charge in [-0.25, -0.2) is 0 Å². The molecule has 0 unspecified atom stereocenters. The third-order valence-corrected chi connectivity index (χ3v) is 2.23. The third kappa shape index (κ3) is 3.54. The molecule has 0 spiro atoms. The molecule has 100 valence electrons. The fourth-order valence-electron chi connectivity index (χ4n) is 1.32. The Kier molecular flexibility index (Phi) is 3.50. The molecule has 0 fully saturated rings. The van der Waals surface area contributed by atoms with E-state index in [2.05, 4.69) is 0 Å². The first-order valence-corrected chi connectivity index (χ1v) is 5.26. The van der Waals surface area contributed by atoms with Crippen LogP contribution in [0.3, 0.4) is 0 Å². The van der Waals surface area contributed by atoms with E-state index in [9.17, 15) is 13.2 Å². The summed E-state index contributed by atoms with van der Waals surface area (Å²) in [7, 11) is 0. The zero-order valence-electron chi connectivity index (χ0n) is 9.52. The van der Waals surface area contributed by atoms with Gasteiger partial charge in [-0.2, -0.15) is 13.2 Å². The van der Waals surface area contributed by atoms with E-state index in [-0.39, 0.29) is 17.2 Å². The van der Waals surface area contributed by atoms with Crippen LogP contribution in [0.25, 0.3) is 0 Å². The predicted molar refractivity (Wildman–Crippen MR) is 60.8 cm³/mol. The first kappa shape index (κ1) is 13.1. The Morgan fingerprint density at radius 2 is 1.47 bits per heavy atom. The molecule has 0 atom stereocenters. The minimum Gasteiger partial charge on any atom is -0.508 e. The van der Waals surface area contributed by atoms with Crippen molar-refractivity contribution in [1.82, 2.24) is 0 Å². The summed E-state index contributed by atoms with van der Waals surface area (Å²) in [5.41, 5.74) is -0.820. The van der Waals surface area contributed by atoms with Gasteiger partial charge >= 0.3 is 6.18 Å². The molecule has 0 radical (unpaired) electrons. The molecular weight excluding hydrogens is 261 g/mol. The predicted octanol–water partition coefficient (Wildman–Crippen LogP) is 3.78. The van der Waals surface area contributed by atoms with Gasteiger partial charge in [-0.1, -0.05) is 6.07 Å². The lowest BCUT2D eigenvalue weighted by atomic mass is 10.2. The molecule has 3 nitrogen and oxygen atoms in total. The number of phenols is 1. The van der Waals surface area contributed by atoms with Gasteiger partial charge in [-0.05, 0) is 42.5 Å². The van der Waals surface area contributed by atoms with Crippen molar-refractivity contribution < 1.29 is 28.1 Å². The van der Waals surface area contributed by atoms with Gasteiger partial charge < -0.3 is 5.11 Å². The Labute approximate surface area is 106 Å². The lowest BCUT2D eigenvalue weighted by molar-refractivity contribution is -0.138. The smallest absolute Gasteiger partial charge is 0.416 e. The maximum Gasteiger partial charge on any atom is 0.416 e. The number of alkyl halides is 3. The molecule has 2 rings (SSSR count). The van der Waals surface area contributed by atoms with Crippen LogP contribution in [0.1, 0.15) is 5.56 Å². The van der Waals surface area contributed by atoms with Crippen molar-refractivity contribution >= 4 is 0 Å². The number of rotatable bonds is 3. The summed E-state index contributed by atoms with van der Waals surface area (Å²) in [6.45, 7) is 0. The van der Waals surface area contributed by atoms with Crippen molar-refractivity contribution in [1.29, 1.82) is 0 Å². The van der Waals surface area contributed by atoms with Crippen LogP contribution in [0.5, 0.6) is 17.2 Å². The van der Waals surface area contributed by atoms with Crippen molar-refractivity contribution in [2.45, 2.75) is 6.18 Å². The second-order valence-corrected chi connectivity index (χ2v) is 3.69. The Bertz CT molecular complexity index is 550. The fourth-order valence-corrected chi connectivity index (χ4v) is 1.32. The monoisotopic (exact) mass is 270 g/mol. The number of hydrogen-bond donors (Lipinski definition) is 1. The average molecular weight is 270 g/mol. The van der Waals surface area contributed by atoms with Gasteiger partial charge in [0.2, 0.25) is 0 Å². The third-order valence-electron chi connectivity index (χ3n) is 2.23. The highest BCUT2D eigenvalue weighted by Gasteiger charge is 2.30. The summed E-state index contributed by atoms with van der Waals surface area (Å²) in [6, 6.07) is 9.91. The molecule has 0 aliphatic rings. The van der Waals surface area contributed by atoms with E-state index in [1.54, 1.807) is 0 Å². The number of hydrogen-bond acceptors (Lipinski definition) is 3. The highest BCUT2D eigenvalue weighted by atomic mass is 19.4. The van der Waals surface area contributed by atoms with Crippen molar-refractivity contribution in [3.05, 3.63) is 54.1 Å². The molecule has 0 amide bonds.